The summed E-state index contributed by atoms with van der Waals surface area (Å²) in [6.45, 7) is -1.75. The van der Waals surface area contributed by atoms with E-state index < -0.39 is 53.1 Å². The molecule has 6 nitrogen and oxygen atoms in total. The third-order valence-corrected chi connectivity index (χ3v) is 4.48. The lowest BCUT2D eigenvalue weighted by molar-refractivity contribution is -0.135. The summed E-state index contributed by atoms with van der Waals surface area (Å²) in [5.41, 5.74) is -2.22. The van der Waals surface area contributed by atoms with Gasteiger partial charge < -0.3 is 9.84 Å². The largest absolute Gasteiger partial charge is 0.506 e. The van der Waals surface area contributed by atoms with E-state index in [0.29, 0.717) is 17.5 Å². The van der Waals surface area contributed by atoms with Gasteiger partial charge in [-0.15, -0.1) is 0 Å². The molecule has 0 aliphatic heterocycles. The molecule has 11 heteroatoms. The summed E-state index contributed by atoms with van der Waals surface area (Å²) in [6.07, 6.45) is 7.68. The molecule has 0 amide bonds. The number of aliphatic hydroxyl groups is 1. The normalized spacial score (nSPS) is 17.9. The van der Waals surface area contributed by atoms with Crippen LogP contribution in [0.3, 0.4) is 0 Å². The highest BCUT2D eigenvalue weighted by Gasteiger charge is 2.29. The van der Waals surface area contributed by atoms with Gasteiger partial charge in [0.1, 0.15) is 23.0 Å². The van der Waals surface area contributed by atoms with Gasteiger partial charge in [-0.25, -0.2) is 27.0 Å². The van der Waals surface area contributed by atoms with Crippen LogP contribution < -0.4 is 0 Å². The van der Waals surface area contributed by atoms with Crippen LogP contribution in [0.25, 0.3) is 11.4 Å². The summed E-state index contributed by atoms with van der Waals surface area (Å²) in [5.74, 6) is -4.63. The van der Waals surface area contributed by atoms with Gasteiger partial charge in [0.15, 0.2) is 0 Å². The van der Waals surface area contributed by atoms with E-state index in [9.17, 15) is 31.9 Å². The molecule has 2 N–H and O–H groups in total. The average molecular weight is 481 g/mol. The fourth-order valence-electron chi connectivity index (χ4n) is 2.93. The van der Waals surface area contributed by atoms with Gasteiger partial charge in [0, 0.05) is 5.57 Å². The Morgan fingerprint density at radius 2 is 1.94 bits per heavy atom. The summed E-state index contributed by atoms with van der Waals surface area (Å²) in [6, 6.07) is 4.92. The molecule has 0 fully saturated rings. The number of rotatable bonds is 5. The monoisotopic (exact) mass is 481 g/mol. The van der Waals surface area contributed by atoms with Crippen LogP contribution in [0.4, 0.5) is 22.0 Å². The Hall–Kier alpha value is -4.02. The number of aliphatic hydroxyl groups excluding tert-OH is 1. The van der Waals surface area contributed by atoms with E-state index in [1.807, 2.05) is 0 Å². The van der Waals surface area contributed by atoms with Gasteiger partial charge in [-0.1, -0.05) is 24.3 Å². The quantitative estimate of drug-likeness (QED) is 0.191. The lowest BCUT2D eigenvalue weighted by Gasteiger charge is -2.13. The Balaban J connectivity index is 0.00000129. The lowest BCUT2D eigenvalue weighted by atomic mass is 9.96. The van der Waals surface area contributed by atoms with Crippen LogP contribution in [0, 0.1) is 17.2 Å². The predicted molar refractivity (Wildman–Crippen MR) is 116 cm³/mol. The molecule has 1 aliphatic rings. The molecule has 1 heterocycles. The first kappa shape index (κ1) is 26.2. The van der Waals surface area contributed by atoms with E-state index in [0.717, 1.165) is 19.4 Å². The number of ether oxygens (including phenoxy) is 1. The van der Waals surface area contributed by atoms with E-state index in [1.165, 1.54) is 36.4 Å². The fraction of sp³-hybridized carbons (Fsp3) is 0.174. The van der Waals surface area contributed by atoms with Gasteiger partial charge in [0.05, 0.1) is 30.3 Å². The van der Waals surface area contributed by atoms with Crippen molar-refractivity contribution in [2.45, 2.75) is 12.8 Å². The standard InChI is InChI=1S/C22H18F3N3O3.CH2F2/c1-31-22(30)18(19(26)15-9-4-2-3-5-10-17(15)24)20(29)16-12-27-28(21(16)25)14-8-6-7-13(23)11-14;2-1-3/h2,4,6-12,26,29H,3,5H2,1H3;1H2/b4-2-,15-9+,17-10+,20-18+,26-19?;. The molecule has 0 saturated carbocycles. The molecule has 34 heavy (non-hydrogen) atoms. The van der Waals surface area contributed by atoms with Crippen molar-refractivity contribution in [1.82, 2.24) is 9.78 Å². The van der Waals surface area contributed by atoms with Crippen molar-refractivity contribution in [3.63, 3.8) is 0 Å². The summed E-state index contributed by atoms with van der Waals surface area (Å²) >= 11 is 0. The molecular weight excluding hydrogens is 461 g/mol. The number of hydrogen-bond acceptors (Lipinski definition) is 5. The molecule has 0 spiro atoms. The number of hydrogen-bond donors (Lipinski definition) is 2. The second-order valence-corrected chi connectivity index (χ2v) is 6.57. The molecule has 180 valence electrons. The van der Waals surface area contributed by atoms with Gasteiger partial charge in [0.2, 0.25) is 12.9 Å². The number of nitrogens with one attached hydrogen (secondary N) is 1. The summed E-state index contributed by atoms with van der Waals surface area (Å²) < 4.78 is 67.6. The minimum atomic E-state index is -1.75. The Morgan fingerprint density at radius 1 is 1.24 bits per heavy atom. The number of methoxy groups -OCH3 is 1. The number of halogens is 5. The highest BCUT2D eigenvalue weighted by molar-refractivity contribution is 6.30. The summed E-state index contributed by atoms with van der Waals surface area (Å²) in [7, 11) is 1.01. The van der Waals surface area contributed by atoms with E-state index in [1.54, 1.807) is 6.08 Å². The number of esters is 1. The maximum atomic E-state index is 15.0. The van der Waals surface area contributed by atoms with Crippen LogP contribution in [-0.2, 0) is 9.53 Å². The van der Waals surface area contributed by atoms with Crippen LogP contribution in [-0.4, -0.2) is 40.6 Å². The second kappa shape index (κ2) is 12.3. The summed E-state index contributed by atoms with van der Waals surface area (Å²) in [4.78, 5) is 12.3. The van der Waals surface area contributed by atoms with Crippen molar-refractivity contribution in [2.24, 2.45) is 0 Å². The Labute approximate surface area is 191 Å². The average Bonchev–Trinajstić information content (AvgIpc) is 3.18. The fourth-order valence-corrected chi connectivity index (χ4v) is 2.93. The lowest BCUT2D eigenvalue weighted by Crippen LogP contribution is -2.19. The smallest absolute Gasteiger partial charge is 0.343 e. The van der Waals surface area contributed by atoms with E-state index >= 15 is 0 Å². The van der Waals surface area contributed by atoms with Crippen molar-refractivity contribution in [3.8, 4) is 5.69 Å². The van der Waals surface area contributed by atoms with Crippen molar-refractivity contribution >= 4 is 17.4 Å². The first-order chi connectivity index (χ1) is 16.3. The molecule has 1 aliphatic carbocycles. The zero-order valence-corrected chi connectivity index (χ0v) is 17.9. The van der Waals surface area contributed by atoms with Gasteiger partial charge in [-0.05, 0) is 37.1 Å². The van der Waals surface area contributed by atoms with Crippen LogP contribution in [0.1, 0.15) is 18.4 Å². The van der Waals surface area contributed by atoms with Crippen LogP contribution in [0.15, 0.2) is 71.7 Å². The molecule has 0 unspecified atom stereocenters. The number of allylic oxidation sites excluding steroid dienone is 6. The zero-order chi connectivity index (χ0) is 25.3. The third-order valence-electron chi connectivity index (χ3n) is 4.48. The van der Waals surface area contributed by atoms with Gasteiger partial charge >= 0.3 is 5.97 Å². The van der Waals surface area contributed by atoms with Crippen molar-refractivity contribution in [3.05, 3.63) is 89.1 Å². The predicted octanol–water partition coefficient (Wildman–Crippen LogP) is 5.63. The Morgan fingerprint density at radius 3 is 2.59 bits per heavy atom. The number of alkyl halides is 2. The second-order valence-electron chi connectivity index (χ2n) is 6.57. The van der Waals surface area contributed by atoms with Crippen molar-refractivity contribution in [1.29, 1.82) is 5.41 Å². The molecular formula is C23H20F5N3O3. The number of benzene rings is 1. The molecule has 0 bridgehead atoms. The Bertz CT molecular complexity index is 1180. The molecule has 0 saturated heterocycles. The van der Waals surface area contributed by atoms with E-state index in [-0.39, 0.29) is 11.3 Å². The maximum Gasteiger partial charge on any atom is 0.343 e. The molecule has 3 rings (SSSR count). The van der Waals surface area contributed by atoms with Gasteiger partial charge in [-0.2, -0.15) is 9.49 Å². The highest BCUT2D eigenvalue weighted by atomic mass is 19.3. The number of aromatic nitrogens is 2. The molecule has 0 atom stereocenters. The minimum Gasteiger partial charge on any atom is -0.506 e. The van der Waals surface area contributed by atoms with Gasteiger partial charge in [0.25, 0.3) is 0 Å². The third kappa shape index (κ3) is 6.06. The topological polar surface area (TPSA) is 88.2 Å². The molecule has 0 radical (unpaired) electrons. The van der Waals surface area contributed by atoms with Crippen molar-refractivity contribution < 1.29 is 36.6 Å². The first-order valence-electron chi connectivity index (χ1n) is 9.72. The zero-order valence-electron chi connectivity index (χ0n) is 17.9. The minimum absolute atomic E-state index is 0.0353. The van der Waals surface area contributed by atoms with E-state index in [2.05, 4.69) is 9.84 Å². The van der Waals surface area contributed by atoms with E-state index in [4.69, 9.17) is 5.41 Å². The number of carbonyl (C=O) groups is 1. The SMILES string of the molecule is COC(=O)/C(C(=N)C1=C/C=C\CC/C=C\1F)=C(/O)c1cnn(-c2cccc(F)c2)c1F.FCF. The molecule has 1 aromatic heterocycles. The van der Waals surface area contributed by atoms with Crippen molar-refractivity contribution in [2.75, 3.05) is 14.0 Å². The summed E-state index contributed by atoms with van der Waals surface area (Å²) in [5, 5.41) is 22.8. The highest BCUT2D eigenvalue weighted by Crippen LogP contribution is 2.27. The maximum absolute atomic E-state index is 15.0. The Kier molecular flexibility index (Phi) is 9.48. The van der Waals surface area contributed by atoms with Crippen LogP contribution >= 0.6 is 0 Å². The number of nitrogens with zero attached hydrogens (tertiary/aromatic N) is 2. The van der Waals surface area contributed by atoms with Crippen LogP contribution in [0.2, 0.25) is 0 Å². The van der Waals surface area contributed by atoms with Crippen LogP contribution in [0.5, 0.6) is 0 Å². The molecule has 1 aromatic carbocycles. The molecule has 2 aromatic rings. The van der Waals surface area contributed by atoms with Gasteiger partial charge in [-0.3, -0.25) is 5.41 Å². The first-order valence-corrected chi connectivity index (χ1v) is 9.72. The number of carbonyl (C=O) groups excluding carboxylic acids is 1.